The van der Waals surface area contributed by atoms with E-state index in [1.54, 1.807) is 12.1 Å². The highest BCUT2D eigenvalue weighted by atomic mass is 32.2. The van der Waals surface area contributed by atoms with Gasteiger partial charge in [0.25, 0.3) is 0 Å². The van der Waals surface area contributed by atoms with Gasteiger partial charge in [-0.05, 0) is 49.9 Å². The summed E-state index contributed by atoms with van der Waals surface area (Å²) in [5, 5.41) is 0. The second kappa shape index (κ2) is 6.11. The first-order valence-electron chi connectivity index (χ1n) is 6.70. The van der Waals surface area contributed by atoms with Gasteiger partial charge in [0.15, 0.2) is 0 Å². The van der Waals surface area contributed by atoms with E-state index < -0.39 is 10.0 Å². The van der Waals surface area contributed by atoms with Gasteiger partial charge in [0.1, 0.15) is 10.6 Å². The Morgan fingerprint density at radius 1 is 1.35 bits per heavy atom. The van der Waals surface area contributed by atoms with Gasteiger partial charge in [-0.15, -0.1) is 0 Å². The molecule has 1 fully saturated rings. The van der Waals surface area contributed by atoms with Crippen LogP contribution in [-0.2, 0) is 14.8 Å². The highest BCUT2D eigenvalue weighted by Crippen LogP contribution is 2.27. The van der Waals surface area contributed by atoms with E-state index in [0.717, 1.165) is 24.0 Å². The van der Waals surface area contributed by atoms with E-state index in [2.05, 4.69) is 4.72 Å². The maximum atomic E-state index is 12.4. The molecule has 0 saturated carbocycles. The van der Waals surface area contributed by atoms with Crippen LogP contribution >= 0.6 is 0 Å². The lowest BCUT2D eigenvalue weighted by Gasteiger charge is -2.15. The Morgan fingerprint density at radius 2 is 2.05 bits per heavy atom. The molecule has 2 rings (SSSR count). The Bertz CT molecular complexity index is 577. The number of sulfonamides is 1. The fourth-order valence-corrected chi connectivity index (χ4v) is 3.52. The quantitative estimate of drug-likeness (QED) is 0.900. The van der Waals surface area contributed by atoms with E-state index >= 15 is 0 Å². The van der Waals surface area contributed by atoms with Crippen molar-refractivity contribution < 1.29 is 17.9 Å². The predicted molar refractivity (Wildman–Crippen MR) is 76.6 cm³/mol. The molecule has 1 heterocycles. The minimum Gasteiger partial charge on any atom is -0.495 e. The van der Waals surface area contributed by atoms with Crippen LogP contribution in [0.15, 0.2) is 17.0 Å². The maximum absolute atomic E-state index is 12.4. The standard InChI is InChI=1S/C14H21NO4S/c1-10-7-13(18-3)14(8-11(10)2)20(16,17)15-9-12-5-4-6-19-12/h7-8,12,15H,4-6,9H2,1-3H3/t12-/m1/s1. The van der Waals surface area contributed by atoms with Crippen LogP contribution in [0, 0.1) is 13.8 Å². The average Bonchev–Trinajstić information content (AvgIpc) is 2.92. The highest BCUT2D eigenvalue weighted by Gasteiger charge is 2.23. The van der Waals surface area contributed by atoms with Crippen LogP contribution in [0.5, 0.6) is 5.75 Å². The zero-order valence-corrected chi connectivity index (χ0v) is 12.9. The van der Waals surface area contributed by atoms with Crippen molar-refractivity contribution in [3.63, 3.8) is 0 Å². The van der Waals surface area contributed by atoms with Gasteiger partial charge >= 0.3 is 0 Å². The van der Waals surface area contributed by atoms with Crippen LogP contribution in [0.4, 0.5) is 0 Å². The maximum Gasteiger partial charge on any atom is 0.244 e. The minimum atomic E-state index is -3.58. The van der Waals surface area contributed by atoms with Gasteiger partial charge in [-0.3, -0.25) is 0 Å². The summed E-state index contributed by atoms with van der Waals surface area (Å²) in [6.07, 6.45) is 1.86. The lowest BCUT2D eigenvalue weighted by molar-refractivity contribution is 0.114. The van der Waals surface area contributed by atoms with Gasteiger partial charge in [0.05, 0.1) is 13.2 Å². The summed E-state index contributed by atoms with van der Waals surface area (Å²) in [6, 6.07) is 3.39. The smallest absolute Gasteiger partial charge is 0.244 e. The summed E-state index contributed by atoms with van der Waals surface area (Å²) in [5.74, 6) is 0.368. The van der Waals surface area contributed by atoms with Crippen molar-refractivity contribution in [1.82, 2.24) is 4.72 Å². The Hall–Kier alpha value is -1.11. The number of methoxy groups -OCH3 is 1. The van der Waals surface area contributed by atoms with Crippen molar-refractivity contribution in [2.24, 2.45) is 0 Å². The van der Waals surface area contributed by atoms with Crippen molar-refractivity contribution in [2.45, 2.75) is 37.7 Å². The number of nitrogens with one attached hydrogen (secondary N) is 1. The third kappa shape index (κ3) is 3.31. The predicted octanol–water partition coefficient (Wildman–Crippen LogP) is 1.77. The Labute approximate surface area is 120 Å². The monoisotopic (exact) mass is 299 g/mol. The average molecular weight is 299 g/mol. The van der Waals surface area contributed by atoms with Crippen LogP contribution < -0.4 is 9.46 Å². The van der Waals surface area contributed by atoms with Crippen molar-refractivity contribution in [2.75, 3.05) is 20.3 Å². The number of ether oxygens (including phenoxy) is 2. The molecule has 0 radical (unpaired) electrons. The molecule has 0 bridgehead atoms. The SMILES string of the molecule is COc1cc(C)c(C)cc1S(=O)(=O)NC[C@H]1CCCO1. The summed E-state index contributed by atoms with van der Waals surface area (Å²) in [5.41, 5.74) is 1.92. The third-order valence-electron chi connectivity index (χ3n) is 3.59. The third-order valence-corrected chi connectivity index (χ3v) is 5.04. The van der Waals surface area contributed by atoms with Gasteiger partial charge in [-0.2, -0.15) is 0 Å². The van der Waals surface area contributed by atoms with Crippen LogP contribution in [0.3, 0.4) is 0 Å². The molecule has 6 heteroatoms. The number of rotatable bonds is 5. The summed E-state index contributed by atoms with van der Waals surface area (Å²) in [7, 11) is -2.11. The number of hydrogen-bond acceptors (Lipinski definition) is 4. The van der Waals surface area contributed by atoms with Gasteiger partial charge in [-0.25, -0.2) is 13.1 Å². The lowest BCUT2D eigenvalue weighted by Crippen LogP contribution is -2.32. The van der Waals surface area contributed by atoms with Gasteiger partial charge in [0.2, 0.25) is 10.0 Å². The molecule has 1 aromatic carbocycles. The molecule has 0 aromatic heterocycles. The second-order valence-electron chi connectivity index (χ2n) is 5.07. The van der Waals surface area contributed by atoms with Crippen molar-refractivity contribution >= 4 is 10.0 Å². The molecule has 0 amide bonds. The van der Waals surface area contributed by atoms with E-state index in [0.29, 0.717) is 18.9 Å². The minimum absolute atomic E-state index is 0.0256. The van der Waals surface area contributed by atoms with Crippen LogP contribution in [0.1, 0.15) is 24.0 Å². The summed E-state index contributed by atoms with van der Waals surface area (Å²) in [6.45, 7) is 4.82. The first kappa shape index (κ1) is 15.3. The number of benzene rings is 1. The van der Waals surface area contributed by atoms with Crippen molar-refractivity contribution in [3.05, 3.63) is 23.3 Å². The zero-order valence-electron chi connectivity index (χ0n) is 12.1. The first-order chi connectivity index (χ1) is 9.44. The van der Waals surface area contributed by atoms with E-state index in [1.807, 2.05) is 13.8 Å². The molecule has 112 valence electrons. The Kier molecular flexibility index (Phi) is 4.67. The van der Waals surface area contributed by atoms with Crippen molar-refractivity contribution in [1.29, 1.82) is 0 Å². The van der Waals surface area contributed by atoms with Gasteiger partial charge in [-0.1, -0.05) is 0 Å². The van der Waals surface area contributed by atoms with Gasteiger partial charge < -0.3 is 9.47 Å². The van der Waals surface area contributed by atoms with Crippen molar-refractivity contribution in [3.8, 4) is 5.75 Å². The first-order valence-corrected chi connectivity index (χ1v) is 8.19. The summed E-state index contributed by atoms with van der Waals surface area (Å²) < 4.78 is 38.0. The number of aryl methyl sites for hydroxylation is 2. The molecule has 1 saturated heterocycles. The number of hydrogen-bond donors (Lipinski definition) is 1. The van der Waals surface area contributed by atoms with E-state index in [9.17, 15) is 8.42 Å². The summed E-state index contributed by atoms with van der Waals surface area (Å²) >= 11 is 0. The van der Waals surface area contributed by atoms with Gasteiger partial charge in [0, 0.05) is 13.2 Å². The van der Waals surface area contributed by atoms with E-state index in [1.165, 1.54) is 7.11 Å². The normalized spacial score (nSPS) is 19.2. The zero-order chi connectivity index (χ0) is 14.8. The Morgan fingerprint density at radius 3 is 2.65 bits per heavy atom. The largest absolute Gasteiger partial charge is 0.495 e. The molecule has 1 aromatic rings. The van der Waals surface area contributed by atoms with Crippen LogP contribution in [0.2, 0.25) is 0 Å². The molecule has 0 unspecified atom stereocenters. The summed E-state index contributed by atoms with van der Waals surface area (Å²) in [4.78, 5) is 0.182. The molecule has 20 heavy (non-hydrogen) atoms. The molecule has 1 aliphatic heterocycles. The van der Waals surface area contributed by atoms with E-state index in [4.69, 9.17) is 9.47 Å². The van der Waals surface area contributed by atoms with Crippen LogP contribution in [0.25, 0.3) is 0 Å². The molecular weight excluding hydrogens is 278 g/mol. The fourth-order valence-electron chi connectivity index (χ4n) is 2.22. The molecule has 1 aliphatic rings. The lowest BCUT2D eigenvalue weighted by atomic mass is 10.1. The Balaban J connectivity index is 2.21. The molecule has 1 atom stereocenters. The van der Waals surface area contributed by atoms with Crippen LogP contribution in [-0.4, -0.2) is 34.8 Å². The topological polar surface area (TPSA) is 64.6 Å². The molecule has 1 N–H and O–H groups in total. The molecule has 5 nitrogen and oxygen atoms in total. The van der Waals surface area contributed by atoms with E-state index in [-0.39, 0.29) is 11.0 Å². The molecule has 0 spiro atoms. The molecular formula is C14H21NO4S. The molecule has 0 aliphatic carbocycles. The highest BCUT2D eigenvalue weighted by molar-refractivity contribution is 7.89. The fraction of sp³-hybridized carbons (Fsp3) is 0.571. The second-order valence-corrected chi connectivity index (χ2v) is 6.81.